The highest BCUT2D eigenvalue weighted by atomic mass is 16.5. The van der Waals surface area contributed by atoms with Gasteiger partial charge in [0, 0.05) is 13.1 Å². The summed E-state index contributed by atoms with van der Waals surface area (Å²) in [7, 11) is 0. The van der Waals surface area contributed by atoms with Crippen molar-refractivity contribution in [1.82, 2.24) is 10.6 Å². The fourth-order valence-corrected chi connectivity index (χ4v) is 2.84. The van der Waals surface area contributed by atoms with Gasteiger partial charge in [0.1, 0.15) is 13.2 Å². The lowest BCUT2D eigenvalue weighted by atomic mass is 10.2. The molecule has 1 amide bonds. The van der Waals surface area contributed by atoms with E-state index in [1.54, 1.807) is 12.5 Å². The van der Waals surface area contributed by atoms with E-state index >= 15 is 0 Å². The van der Waals surface area contributed by atoms with Crippen LogP contribution in [0.1, 0.15) is 77.0 Å². The smallest absolute Gasteiger partial charge is 0.407 e. The van der Waals surface area contributed by atoms with Crippen molar-refractivity contribution in [3.05, 3.63) is 12.5 Å². The first kappa shape index (κ1) is 29.2. The van der Waals surface area contributed by atoms with E-state index in [-0.39, 0.29) is 6.09 Å². The molecular formula is C23H40N4O5. The summed E-state index contributed by atoms with van der Waals surface area (Å²) in [4.78, 5) is 11.6. The quantitative estimate of drug-likeness (QED) is 0.132. The van der Waals surface area contributed by atoms with Gasteiger partial charge in [-0.15, -0.1) is 0 Å². The lowest BCUT2D eigenvalue weighted by Gasteiger charge is -2.11. The monoisotopic (exact) mass is 452 g/mol. The Morgan fingerprint density at radius 3 is 1.59 bits per heavy atom. The van der Waals surface area contributed by atoms with Gasteiger partial charge < -0.3 is 29.6 Å². The Bertz CT molecular complexity index is 497. The van der Waals surface area contributed by atoms with Gasteiger partial charge in [0.05, 0.1) is 13.2 Å². The molecular weight excluding hydrogens is 412 g/mol. The number of alkyl carbamates (subject to hydrolysis) is 1. The van der Waals surface area contributed by atoms with E-state index in [0.29, 0.717) is 38.9 Å². The molecule has 0 fully saturated rings. The van der Waals surface area contributed by atoms with Crippen molar-refractivity contribution >= 4 is 6.09 Å². The zero-order valence-corrected chi connectivity index (χ0v) is 19.4. The highest BCUT2D eigenvalue weighted by molar-refractivity contribution is 5.66. The number of carbonyl (C=O) groups is 1. The maximum atomic E-state index is 11.6. The van der Waals surface area contributed by atoms with Crippen LogP contribution in [0.2, 0.25) is 0 Å². The molecule has 0 aliphatic rings. The molecule has 0 heterocycles. The number of carbonyl (C=O) groups excluding carboxylic acids is 1. The van der Waals surface area contributed by atoms with E-state index in [0.717, 1.165) is 83.6 Å². The fraction of sp³-hybridized carbons (Fsp3) is 0.783. The molecule has 32 heavy (non-hydrogen) atoms. The molecule has 2 N–H and O–H groups in total. The third-order valence-corrected chi connectivity index (χ3v) is 4.62. The summed E-state index contributed by atoms with van der Waals surface area (Å²) in [6, 6.07) is 0. The Morgan fingerprint density at radius 1 is 0.625 bits per heavy atom. The van der Waals surface area contributed by atoms with E-state index in [1.165, 1.54) is 0 Å². The fourth-order valence-electron chi connectivity index (χ4n) is 2.84. The van der Waals surface area contributed by atoms with Gasteiger partial charge in [0.15, 0.2) is 5.88 Å². The molecule has 0 aromatic carbocycles. The van der Waals surface area contributed by atoms with Crippen LogP contribution in [0.4, 0.5) is 4.79 Å². The Hall–Kier alpha value is -2.81. The second-order valence-electron chi connectivity index (χ2n) is 7.38. The van der Waals surface area contributed by atoms with E-state index < -0.39 is 0 Å². The van der Waals surface area contributed by atoms with Crippen molar-refractivity contribution in [2.24, 2.45) is 0 Å². The molecule has 0 aromatic heterocycles. The molecule has 9 heteroatoms. The van der Waals surface area contributed by atoms with Crippen LogP contribution < -0.4 is 10.6 Å². The molecule has 0 aliphatic heterocycles. The average Bonchev–Trinajstić information content (AvgIpc) is 2.79. The van der Waals surface area contributed by atoms with Gasteiger partial charge in [0.25, 0.3) is 12.5 Å². The highest BCUT2D eigenvalue weighted by Crippen LogP contribution is 2.04. The van der Waals surface area contributed by atoms with Crippen molar-refractivity contribution in [1.29, 1.82) is 10.5 Å². The van der Waals surface area contributed by atoms with E-state index in [1.807, 2.05) is 0 Å². The van der Waals surface area contributed by atoms with Crippen molar-refractivity contribution in [3.63, 3.8) is 0 Å². The summed E-state index contributed by atoms with van der Waals surface area (Å²) in [6.07, 6.45) is 14.5. The topological polar surface area (TPSA) is 126 Å². The Kier molecular flexibility index (Phi) is 22.3. The molecule has 0 aromatic rings. The zero-order valence-electron chi connectivity index (χ0n) is 19.4. The predicted molar refractivity (Wildman–Crippen MR) is 121 cm³/mol. The third kappa shape index (κ3) is 23.5. The van der Waals surface area contributed by atoms with Gasteiger partial charge in [0.2, 0.25) is 0 Å². The standard InChI is InChI=1S/C23H40N4O5/c1-22(26-14-8-2-4-10-16-29-20-24)31-18-12-6-7-13-19-32-23(28)27-15-9-3-5-11-17-30-21-25/h26H,1-19H2,(H,27,28). The van der Waals surface area contributed by atoms with Crippen LogP contribution in [0.25, 0.3) is 0 Å². The van der Waals surface area contributed by atoms with Gasteiger partial charge in [-0.2, -0.15) is 10.5 Å². The molecule has 0 bridgehead atoms. The van der Waals surface area contributed by atoms with Crippen molar-refractivity contribution in [2.75, 3.05) is 39.5 Å². The van der Waals surface area contributed by atoms with Crippen LogP contribution in [-0.4, -0.2) is 45.6 Å². The summed E-state index contributed by atoms with van der Waals surface area (Å²) >= 11 is 0. The maximum absolute atomic E-state index is 11.6. The summed E-state index contributed by atoms with van der Waals surface area (Å²) in [6.45, 7) is 7.31. The minimum Gasteiger partial charge on any atom is -0.480 e. The van der Waals surface area contributed by atoms with Crippen LogP contribution in [0.15, 0.2) is 12.5 Å². The molecule has 0 saturated heterocycles. The maximum Gasteiger partial charge on any atom is 0.407 e. The number of amides is 1. The Morgan fingerprint density at radius 2 is 1.06 bits per heavy atom. The molecule has 0 saturated carbocycles. The molecule has 0 spiro atoms. The molecule has 9 nitrogen and oxygen atoms in total. The predicted octanol–water partition coefficient (Wildman–Crippen LogP) is 4.47. The lowest BCUT2D eigenvalue weighted by Crippen LogP contribution is -2.25. The zero-order chi connectivity index (χ0) is 23.5. The molecule has 0 rings (SSSR count). The highest BCUT2D eigenvalue weighted by Gasteiger charge is 2.01. The SMILES string of the molecule is C=C(NCCCCCCOC#N)OCCCCCCOC(=O)NCCCCCCOC#N. The molecule has 0 aliphatic carbocycles. The second kappa shape index (κ2) is 24.5. The molecule has 0 unspecified atom stereocenters. The summed E-state index contributed by atoms with van der Waals surface area (Å²) in [5.41, 5.74) is 0. The van der Waals surface area contributed by atoms with E-state index in [4.69, 9.17) is 20.0 Å². The number of unbranched alkanes of at least 4 members (excludes halogenated alkanes) is 9. The first-order chi connectivity index (χ1) is 15.7. The first-order valence-corrected chi connectivity index (χ1v) is 11.7. The number of nitrogens with one attached hydrogen (secondary N) is 2. The van der Waals surface area contributed by atoms with Crippen LogP contribution >= 0.6 is 0 Å². The van der Waals surface area contributed by atoms with Crippen molar-refractivity contribution < 1.29 is 23.7 Å². The normalized spacial score (nSPS) is 9.81. The third-order valence-electron chi connectivity index (χ3n) is 4.62. The van der Waals surface area contributed by atoms with Crippen LogP contribution in [0, 0.1) is 23.0 Å². The van der Waals surface area contributed by atoms with Gasteiger partial charge in [-0.1, -0.05) is 12.8 Å². The lowest BCUT2D eigenvalue weighted by molar-refractivity contribution is 0.142. The van der Waals surface area contributed by atoms with Crippen molar-refractivity contribution in [2.45, 2.75) is 77.0 Å². The number of nitriles is 2. The van der Waals surface area contributed by atoms with E-state index in [2.05, 4.69) is 26.7 Å². The summed E-state index contributed by atoms with van der Waals surface area (Å²) < 4.78 is 19.9. The van der Waals surface area contributed by atoms with Gasteiger partial charge in [-0.25, -0.2) is 4.79 Å². The number of hydrogen-bond acceptors (Lipinski definition) is 8. The van der Waals surface area contributed by atoms with E-state index in [9.17, 15) is 4.79 Å². The molecule has 0 radical (unpaired) electrons. The summed E-state index contributed by atoms with van der Waals surface area (Å²) in [5, 5.41) is 22.4. The number of ether oxygens (including phenoxy) is 4. The van der Waals surface area contributed by atoms with Crippen LogP contribution in [0.3, 0.4) is 0 Å². The number of nitrogens with zero attached hydrogens (tertiary/aromatic N) is 2. The van der Waals surface area contributed by atoms with Gasteiger partial charge in [-0.05, 0) is 70.8 Å². The summed E-state index contributed by atoms with van der Waals surface area (Å²) in [5.74, 6) is 0.605. The van der Waals surface area contributed by atoms with Gasteiger partial charge >= 0.3 is 6.09 Å². The average molecular weight is 453 g/mol. The largest absolute Gasteiger partial charge is 0.480 e. The molecule has 0 atom stereocenters. The minimum absolute atomic E-state index is 0.362. The van der Waals surface area contributed by atoms with Gasteiger partial charge in [-0.3, -0.25) is 0 Å². The Balaban J connectivity index is 3.27. The Labute approximate surface area is 193 Å². The number of rotatable bonds is 23. The minimum atomic E-state index is -0.362. The molecule has 182 valence electrons. The van der Waals surface area contributed by atoms with Crippen LogP contribution in [0.5, 0.6) is 0 Å². The van der Waals surface area contributed by atoms with Crippen molar-refractivity contribution in [3.8, 4) is 12.5 Å². The second-order valence-corrected chi connectivity index (χ2v) is 7.38. The number of hydrogen-bond donors (Lipinski definition) is 2. The van der Waals surface area contributed by atoms with Crippen LogP contribution in [-0.2, 0) is 18.9 Å². The first-order valence-electron chi connectivity index (χ1n) is 11.7.